The maximum atomic E-state index is 11.1. The molecule has 0 fully saturated rings. The molecule has 2 aromatic carbocycles. The lowest BCUT2D eigenvalue weighted by Gasteiger charge is -2.11. The summed E-state index contributed by atoms with van der Waals surface area (Å²) in [5.74, 6) is 1.99. The van der Waals surface area contributed by atoms with E-state index in [9.17, 15) is 4.79 Å². The molecular weight excluding hydrogens is 326 g/mol. The van der Waals surface area contributed by atoms with Gasteiger partial charge in [0.05, 0.1) is 0 Å². The summed E-state index contributed by atoms with van der Waals surface area (Å²) in [5, 5.41) is 9.29. The highest BCUT2D eigenvalue weighted by Crippen LogP contribution is 2.21. The topological polar surface area (TPSA) is 78.9 Å². The van der Waals surface area contributed by atoms with Crippen LogP contribution in [0.15, 0.2) is 54.6 Å². The minimum absolute atomic E-state index is 0.0936. The van der Waals surface area contributed by atoms with Crippen molar-refractivity contribution in [2.45, 2.75) is 20.8 Å². The van der Waals surface area contributed by atoms with E-state index >= 15 is 0 Å². The van der Waals surface area contributed by atoms with Crippen LogP contribution >= 0.6 is 0 Å². The van der Waals surface area contributed by atoms with Crippen molar-refractivity contribution in [3.05, 3.63) is 66.0 Å². The minimum Gasteiger partial charge on any atom is -0.340 e. The third-order valence-corrected chi connectivity index (χ3v) is 3.64. The Bertz CT molecular complexity index is 904. The van der Waals surface area contributed by atoms with Crippen molar-refractivity contribution in [3.63, 3.8) is 0 Å². The zero-order valence-corrected chi connectivity index (χ0v) is 15.0. The van der Waals surface area contributed by atoms with Crippen molar-refractivity contribution in [1.82, 2.24) is 9.97 Å². The number of hydrogen-bond acceptors (Lipinski definition) is 5. The van der Waals surface area contributed by atoms with Crippen LogP contribution in [0, 0.1) is 13.8 Å². The predicted octanol–water partition coefficient (Wildman–Crippen LogP) is 4.54. The number of nitrogens with one attached hydrogen (secondary N) is 3. The molecule has 1 amide bonds. The Balaban J connectivity index is 1.74. The fourth-order valence-electron chi connectivity index (χ4n) is 2.47. The molecule has 1 heterocycles. The first kappa shape index (κ1) is 17.4. The van der Waals surface area contributed by atoms with E-state index in [1.807, 2.05) is 61.5 Å². The number of aromatic nitrogens is 2. The highest BCUT2D eigenvalue weighted by Gasteiger charge is 2.04. The summed E-state index contributed by atoms with van der Waals surface area (Å²) in [6.45, 7) is 5.39. The Morgan fingerprint density at radius 1 is 0.769 bits per heavy atom. The monoisotopic (exact) mass is 347 g/mol. The van der Waals surface area contributed by atoms with Gasteiger partial charge in [-0.1, -0.05) is 17.7 Å². The van der Waals surface area contributed by atoms with Crippen LogP contribution in [0.4, 0.5) is 28.7 Å². The SMILES string of the molecule is CC(=O)Nc1ccc(Nc2cc(Nc3ccc(C)cc3)nc(C)n2)cc1. The number of nitrogens with zero attached hydrogens (tertiary/aromatic N) is 2. The molecule has 0 aliphatic carbocycles. The van der Waals surface area contributed by atoms with Gasteiger partial charge in [0.25, 0.3) is 0 Å². The van der Waals surface area contributed by atoms with E-state index in [2.05, 4.69) is 32.8 Å². The molecular formula is C20H21N5O. The highest BCUT2D eigenvalue weighted by molar-refractivity contribution is 5.88. The lowest BCUT2D eigenvalue weighted by Crippen LogP contribution is -2.05. The first-order chi connectivity index (χ1) is 12.5. The smallest absolute Gasteiger partial charge is 0.221 e. The molecule has 6 nitrogen and oxygen atoms in total. The molecule has 0 unspecified atom stereocenters. The van der Waals surface area contributed by atoms with Crippen molar-refractivity contribution >= 4 is 34.6 Å². The molecule has 0 aliphatic rings. The molecule has 0 bridgehead atoms. The summed E-state index contributed by atoms with van der Waals surface area (Å²) in [6.07, 6.45) is 0. The van der Waals surface area contributed by atoms with E-state index in [-0.39, 0.29) is 5.91 Å². The molecule has 0 saturated heterocycles. The second-order valence-electron chi connectivity index (χ2n) is 6.06. The summed E-state index contributed by atoms with van der Waals surface area (Å²) in [7, 11) is 0. The van der Waals surface area contributed by atoms with Gasteiger partial charge in [0.2, 0.25) is 5.91 Å². The van der Waals surface area contributed by atoms with Gasteiger partial charge in [-0.15, -0.1) is 0 Å². The van der Waals surface area contributed by atoms with Gasteiger partial charge in [0.15, 0.2) is 0 Å². The summed E-state index contributed by atoms with van der Waals surface area (Å²) < 4.78 is 0. The Kier molecular flexibility index (Phi) is 5.12. The predicted molar refractivity (Wildman–Crippen MR) is 105 cm³/mol. The van der Waals surface area contributed by atoms with Gasteiger partial charge in [-0.05, 0) is 50.2 Å². The minimum atomic E-state index is -0.0936. The van der Waals surface area contributed by atoms with Crippen molar-refractivity contribution in [1.29, 1.82) is 0 Å². The molecule has 132 valence electrons. The summed E-state index contributed by atoms with van der Waals surface area (Å²) in [6, 6.07) is 17.4. The second-order valence-corrected chi connectivity index (χ2v) is 6.06. The number of hydrogen-bond donors (Lipinski definition) is 3. The summed E-state index contributed by atoms with van der Waals surface area (Å²) in [5.41, 5.74) is 3.81. The van der Waals surface area contributed by atoms with Gasteiger partial charge in [-0.3, -0.25) is 4.79 Å². The van der Waals surface area contributed by atoms with Crippen molar-refractivity contribution in [2.24, 2.45) is 0 Å². The van der Waals surface area contributed by atoms with Crippen LogP contribution in [0.1, 0.15) is 18.3 Å². The van der Waals surface area contributed by atoms with E-state index in [1.54, 1.807) is 0 Å². The normalized spacial score (nSPS) is 10.3. The maximum absolute atomic E-state index is 11.1. The van der Waals surface area contributed by atoms with Crippen molar-refractivity contribution in [2.75, 3.05) is 16.0 Å². The first-order valence-electron chi connectivity index (χ1n) is 8.32. The standard InChI is InChI=1S/C20H21N5O/c1-13-4-6-17(7-5-13)24-19-12-20(22-14(2)21-19)25-18-10-8-16(9-11-18)23-15(3)26/h4-12H,1-3H3,(H,23,26)(H2,21,22,24,25). The first-order valence-corrected chi connectivity index (χ1v) is 8.32. The van der Waals surface area contributed by atoms with Gasteiger partial charge in [-0.25, -0.2) is 9.97 Å². The van der Waals surface area contributed by atoms with Gasteiger partial charge >= 0.3 is 0 Å². The van der Waals surface area contributed by atoms with Crippen LogP contribution in [0.5, 0.6) is 0 Å². The van der Waals surface area contributed by atoms with Crippen LogP contribution in [-0.2, 0) is 4.79 Å². The molecule has 1 aromatic heterocycles. The van der Waals surface area contributed by atoms with Crippen LogP contribution < -0.4 is 16.0 Å². The Labute approximate surface area is 152 Å². The zero-order chi connectivity index (χ0) is 18.5. The number of rotatable bonds is 5. The Hall–Kier alpha value is -3.41. The third-order valence-electron chi connectivity index (χ3n) is 3.64. The number of aryl methyl sites for hydroxylation is 2. The lowest BCUT2D eigenvalue weighted by molar-refractivity contribution is -0.114. The van der Waals surface area contributed by atoms with Crippen LogP contribution in [0.3, 0.4) is 0 Å². The molecule has 26 heavy (non-hydrogen) atoms. The average Bonchev–Trinajstić information content (AvgIpc) is 2.58. The molecule has 0 atom stereocenters. The number of anilines is 5. The number of amides is 1. The number of benzene rings is 2. The van der Waals surface area contributed by atoms with Crippen LogP contribution in [0.25, 0.3) is 0 Å². The number of carbonyl (C=O) groups is 1. The van der Waals surface area contributed by atoms with Crippen LogP contribution in [-0.4, -0.2) is 15.9 Å². The molecule has 0 aliphatic heterocycles. The molecule has 3 aromatic rings. The van der Waals surface area contributed by atoms with E-state index < -0.39 is 0 Å². The fourth-order valence-corrected chi connectivity index (χ4v) is 2.47. The lowest BCUT2D eigenvalue weighted by atomic mass is 10.2. The van der Waals surface area contributed by atoms with Gasteiger partial charge in [0, 0.05) is 30.1 Å². The molecule has 3 N–H and O–H groups in total. The fraction of sp³-hybridized carbons (Fsp3) is 0.150. The molecule has 0 saturated carbocycles. The van der Waals surface area contributed by atoms with E-state index in [4.69, 9.17) is 0 Å². The van der Waals surface area contributed by atoms with E-state index in [0.717, 1.165) is 22.9 Å². The largest absolute Gasteiger partial charge is 0.340 e. The Morgan fingerprint density at radius 2 is 1.23 bits per heavy atom. The molecule has 6 heteroatoms. The average molecular weight is 347 g/mol. The van der Waals surface area contributed by atoms with Crippen molar-refractivity contribution in [3.8, 4) is 0 Å². The van der Waals surface area contributed by atoms with Gasteiger partial charge < -0.3 is 16.0 Å². The van der Waals surface area contributed by atoms with E-state index in [1.165, 1.54) is 12.5 Å². The maximum Gasteiger partial charge on any atom is 0.221 e. The number of carbonyl (C=O) groups excluding carboxylic acids is 1. The summed E-state index contributed by atoms with van der Waals surface area (Å²) >= 11 is 0. The zero-order valence-electron chi connectivity index (χ0n) is 15.0. The molecule has 3 rings (SSSR count). The third kappa shape index (κ3) is 4.80. The molecule has 0 radical (unpaired) electrons. The van der Waals surface area contributed by atoms with Gasteiger partial charge in [0.1, 0.15) is 17.5 Å². The van der Waals surface area contributed by atoms with Crippen molar-refractivity contribution < 1.29 is 4.79 Å². The van der Waals surface area contributed by atoms with Gasteiger partial charge in [-0.2, -0.15) is 0 Å². The highest BCUT2D eigenvalue weighted by atomic mass is 16.1. The van der Waals surface area contributed by atoms with E-state index in [0.29, 0.717) is 11.6 Å². The van der Waals surface area contributed by atoms with Crippen LogP contribution in [0.2, 0.25) is 0 Å². The Morgan fingerprint density at radius 3 is 1.73 bits per heavy atom. The summed E-state index contributed by atoms with van der Waals surface area (Å²) in [4.78, 5) is 19.9. The quantitative estimate of drug-likeness (QED) is 0.631. The second kappa shape index (κ2) is 7.65. The molecule has 0 spiro atoms.